The number of hydrogen-bond acceptors (Lipinski definition) is 3. The van der Waals surface area contributed by atoms with Crippen molar-refractivity contribution in [2.45, 2.75) is 13.3 Å². The molecule has 0 aliphatic rings. The van der Waals surface area contributed by atoms with E-state index in [4.69, 9.17) is 0 Å². The van der Waals surface area contributed by atoms with Gasteiger partial charge >= 0.3 is 0 Å². The Kier molecular flexibility index (Phi) is 2.93. The average molecular weight is 199 g/mol. The van der Waals surface area contributed by atoms with Gasteiger partial charge < -0.3 is 5.32 Å². The van der Waals surface area contributed by atoms with Gasteiger partial charge in [0.25, 0.3) is 0 Å². The Labute approximate surface area is 89.2 Å². The summed E-state index contributed by atoms with van der Waals surface area (Å²) in [4.78, 5) is 8.28. The van der Waals surface area contributed by atoms with Crippen molar-refractivity contribution in [3.05, 3.63) is 48.4 Å². The zero-order valence-electron chi connectivity index (χ0n) is 8.64. The van der Waals surface area contributed by atoms with Crippen LogP contribution in [0.25, 0.3) is 0 Å². The van der Waals surface area contributed by atoms with Gasteiger partial charge in [0, 0.05) is 12.4 Å². The Morgan fingerprint density at radius 3 is 2.93 bits per heavy atom. The van der Waals surface area contributed by atoms with Crippen molar-refractivity contribution >= 4 is 11.5 Å². The third-order valence-electron chi connectivity index (χ3n) is 2.17. The van der Waals surface area contributed by atoms with Crippen LogP contribution in [-0.4, -0.2) is 9.97 Å². The number of aryl methyl sites for hydroxylation is 1. The minimum atomic E-state index is 0.863. The maximum atomic E-state index is 4.24. The second-order valence-electron chi connectivity index (χ2n) is 3.27. The summed E-state index contributed by atoms with van der Waals surface area (Å²) in [7, 11) is 0. The highest BCUT2D eigenvalue weighted by Crippen LogP contribution is 2.13. The van der Waals surface area contributed by atoms with Gasteiger partial charge in [0.1, 0.15) is 5.82 Å². The maximum absolute atomic E-state index is 4.24. The Balaban J connectivity index is 2.17. The second kappa shape index (κ2) is 4.55. The molecule has 0 unspecified atom stereocenters. The maximum Gasteiger partial charge on any atom is 0.130 e. The number of rotatable bonds is 3. The summed E-state index contributed by atoms with van der Waals surface area (Å²) in [6.45, 7) is 2.13. The summed E-state index contributed by atoms with van der Waals surface area (Å²) in [5.41, 5.74) is 2.23. The van der Waals surface area contributed by atoms with Gasteiger partial charge in [-0.3, -0.25) is 4.98 Å². The molecule has 0 radical (unpaired) electrons. The fraction of sp³-hybridized carbons (Fsp3) is 0.167. The zero-order valence-corrected chi connectivity index (χ0v) is 8.64. The van der Waals surface area contributed by atoms with E-state index >= 15 is 0 Å². The Morgan fingerprint density at radius 2 is 2.20 bits per heavy atom. The van der Waals surface area contributed by atoms with E-state index in [0.29, 0.717) is 0 Å². The van der Waals surface area contributed by atoms with E-state index < -0.39 is 0 Å². The third kappa shape index (κ3) is 2.53. The van der Waals surface area contributed by atoms with Crippen molar-refractivity contribution in [1.29, 1.82) is 0 Å². The van der Waals surface area contributed by atoms with Gasteiger partial charge in [-0.05, 0) is 36.2 Å². The number of nitrogens with one attached hydrogen (secondary N) is 1. The minimum absolute atomic E-state index is 0.863. The first-order valence-electron chi connectivity index (χ1n) is 5.00. The summed E-state index contributed by atoms with van der Waals surface area (Å²) in [6, 6.07) is 7.93. The molecule has 1 N–H and O–H groups in total. The van der Waals surface area contributed by atoms with Crippen molar-refractivity contribution in [3.63, 3.8) is 0 Å². The van der Waals surface area contributed by atoms with Crippen LogP contribution in [0.4, 0.5) is 11.5 Å². The van der Waals surface area contributed by atoms with Crippen molar-refractivity contribution in [2.75, 3.05) is 5.32 Å². The van der Waals surface area contributed by atoms with Gasteiger partial charge in [0.15, 0.2) is 0 Å². The first-order valence-corrected chi connectivity index (χ1v) is 5.00. The molecule has 2 aromatic heterocycles. The first-order chi connectivity index (χ1) is 7.38. The SMILES string of the molecule is CCc1ccnc(Nc2cccnc2)c1. The highest BCUT2D eigenvalue weighted by atomic mass is 15.0. The number of nitrogens with zero attached hydrogens (tertiary/aromatic N) is 2. The lowest BCUT2D eigenvalue weighted by Gasteiger charge is -2.05. The molecule has 0 amide bonds. The van der Waals surface area contributed by atoms with Crippen LogP contribution in [-0.2, 0) is 6.42 Å². The van der Waals surface area contributed by atoms with Crippen molar-refractivity contribution < 1.29 is 0 Å². The molecule has 76 valence electrons. The van der Waals surface area contributed by atoms with Crippen LogP contribution < -0.4 is 5.32 Å². The largest absolute Gasteiger partial charge is 0.339 e. The Bertz CT molecular complexity index is 426. The third-order valence-corrected chi connectivity index (χ3v) is 2.17. The number of hydrogen-bond donors (Lipinski definition) is 1. The summed E-state index contributed by atoms with van der Waals surface area (Å²) in [6.07, 6.45) is 6.36. The highest BCUT2D eigenvalue weighted by molar-refractivity contribution is 5.54. The molecular weight excluding hydrogens is 186 g/mol. The molecule has 0 saturated carbocycles. The van der Waals surface area contributed by atoms with E-state index in [-0.39, 0.29) is 0 Å². The molecule has 0 aliphatic heterocycles. The van der Waals surface area contributed by atoms with Crippen molar-refractivity contribution in [2.24, 2.45) is 0 Å². The van der Waals surface area contributed by atoms with E-state index in [1.54, 1.807) is 12.4 Å². The van der Waals surface area contributed by atoms with E-state index in [1.807, 2.05) is 30.5 Å². The Hall–Kier alpha value is -1.90. The highest BCUT2D eigenvalue weighted by Gasteiger charge is 1.96. The molecule has 15 heavy (non-hydrogen) atoms. The van der Waals surface area contributed by atoms with Crippen LogP contribution in [0, 0.1) is 0 Å². The lowest BCUT2D eigenvalue weighted by molar-refractivity contribution is 1.12. The fourth-order valence-electron chi connectivity index (χ4n) is 1.35. The molecular formula is C12H13N3. The van der Waals surface area contributed by atoms with E-state index in [0.717, 1.165) is 17.9 Å². The van der Waals surface area contributed by atoms with Crippen molar-refractivity contribution in [1.82, 2.24) is 9.97 Å². The molecule has 0 atom stereocenters. The number of aromatic nitrogens is 2. The smallest absolute Gasteiger partial charge is 0.130 e. The molecule has 2 rings (SSSR count). The van der Waals surface area contributed by atoms with Crippen molar-refractivity contribution in [3.8, 4) is 0 Å². The standard InChI is InChI=1S/C12H13N3/c1-2-10-5-7-14-12(8-10)15-11-4-3-6-13-9-11/h3-9H,2H2,1H3,(H,14,15). The Morgan fingerprint density at radius 1 is 1.27 bits per heavy atom. The van der Waals surface area contributed by atoms with E-state index in [1.165, 1.54) is 5.56 Å². The van der Waals surface area contributed by atoms with E-state index in [9.17, 15) is 0 Å². The first kappa shape index (κ1) is 9.65. The van der Waals surface area contributed by atoms with Crippen LogP contribution in [0.2, 0.25) is 0 Å². The monoisotopic (exact) mass is 199 g/mol. The van der Waals surface area contributed by atoms with Gasteiger partial charge in [0.2, 0.25) is 0 Å². The number of pyridine rings is 2. The molecule has 2 aromatic rings. The minimum Gasteiger partial charge on any atom is -0.339 e. The summed E-state index contributed by atoms with van der Waals surface area (Å²) >= 11 is 0. The summed E-state index contributed by atoms with van der Waals surface area (Å²) in [5, 5.41) is 3.20. The van der Waals surface area contributed by atoms with Crippen LogP contribution >= 0.6 is 0 Å². The molecule has 0 aromatic carbocycles. The quantitative estimate of drug-likeness (QED) is 0.826. The van der Waals surface area contributed by atoms with Gasteiger partial charge in [-0.2, -0.15) is 0 Å². The van der Waals surface area contributed by atoms with Gasteiger partial charge in [0.05, 0.1) is 11.9 Å². The molecule has 3 nitrogen and oxygen atoms in total. The number of anilines is 2. The summed E-state index contributed by atoms with van der Waals surface area (Å²) in [5.74, 6) is 0.863. The lowest BCUT2D eigenvalue weighted by Crippen LogP contribution is -1.94. The molecule has 2 heterocycles. The van der Waals surface area contributed by atoms with Crippen LogP contribution in [0.15, 0.2) is 42.9 Å². The fourth-order valence-corrected chi connectivity index (χ4v) is 1.35. The average Bonchev–Trinajstić information content (AvgIpc) is 2.31. The van der Waals surface area contributed by atoms with Gasteiger partial charge in [-0.1, -0.05) is 6.92 Å². The summed E-state index contributed by atoms with van der Waals surface area (Å²) < 4.78 is 0. The predicted octanol–water partition coefficient (Wildman–Crippen LogP) is 2.78. The second-order valence-corrected chi connectivity index (χ2v) is 3.27. The molecule has 0 saturated heterocycles. The molecule has 0 spiro atoms. The van der Waals surface area contributed by atoms with Crippen LogP contribution in [0.1, 0.15) is 12.5 Å². The van der Waals surface area contributed by atoms with Gasteiger partial charge in [-0.25, -0.2) is 4.98 Å². The normalized spacial score (nSPS) is 9.93. The molecule has 0 aliphatic carbocycles. The topological polar surface area (TPSA) is 37.8 Å². The molecule has 0 fully saturated rings. The molecule has 0 bridgehead atoms. The zero-order chi connectivity index (χ0) is 10.5. The molecule has 3 heteroatoms. The van der Waals surface area contributed by atoms with Gasteiger partial charge in [-0.15, -0.1) is 0 Å². The van der Waals surface area contributed by atoms with Crippen LogP contribution in [0.3, 0.4) is 0 Å². The van der Waals surface area contributed by atoms with E-state index in [2.05, 4.69) is 22.2 Å². The predicted molar refractivity (Wildman–Crippen MR) is 61.1 cm³/mol. The lowest BCUT2D eigenvalue weighted by atomic mass is 10.2. The van der Waals surface area contributed by atoms with Crippen LogP contribution in [0.5, 0.6) is 0 Å².